The molecule has 38 heavy (non-hydrogen) atoms. The molecule has 204 valence electrons. The van der Waals surface area contributed by atoms with Gasteiger partial charge in [0.05, 0.1) is 16.7 Å². The summed E-state index contributed by atoms with van der Waals surface area (Å²) in [6, 6.07) is 10.8. The number of hydrogen-bond acceptors (Lipinski definition) is 5. The summed E-state index contributed by atoms with van der Waals surface area (Å²) < 4.78 is 40.1. The molecule has 1 aromatic heterocycles. The standard InChI is InChI=1S/C26H30BrF3N6O2/c1-35(2)13-5-12-31-17-8-9-19-18(15-17)23-33-20-14-16(27)7-10-21(20)36(23)22(24(37)34-19)6-3-4-11-32-25(38)26(28,29)30/h7-10,14-15,22,31H,3-6,11-13H2,1-2H3,(H,32,38)(H,34,37). The first kappa shape index (κ1) is 27.9. The molecule has 2 aromatic carbocycles. The van der Waals surface area contributed by atoms with Crippen LogP contribution < -0.4 is 16.0 Å². The summed E-state index contributed by atoms with van der Waals surface area (Å²) in [6.07, 6.45) is -2.84. The normalized spacial score (nSPS) is 15.1. The van der Waals surface area contributed by atoms with Gasteiger partial charge in [-0.05, 0) is 82.7 Å². The van der Waals surface area contributed by atoms with Crippen molar-refractivity contribution >= 4 is 50.2 Å². The number of aromatic nitrogens is 2. The lowest BCUT2D eigenvalue weighted by atomic mass is 10.1. The SMILES string of the molecule is CN(C)CCCNc1ccc2c(c1)-c1nc3cc(Br)ccc3n1C(CCCCNC(=O)C(F)(F)F)C(=O)N2. The third-order valence-corrected chi connectivity index (χ3v) is 6.84. The van der Waals surface area contributed by atoms with Crippen LogP contribution in [0.1, 0.15) is 31.7 Å². The Morgan fingerprint density at radius 3 is 2.66 bits per heavy atom. The smallest absolute Gasteiger partial charge is 0.385 e. The predicted molar refractivity (Wildman–Crippen MR) is 145 cm³/mol. The molecule has 2 heterocycles. The first-order valence-electron chi connectivity index (χ1n) is 12.4. The van der Waals surface area contributed by atoms with Gasteiger partial charge >= 0.3 is 12.1 Å². The number of carbonyl (C=O) groups excluding carboxylic acids is 2. The van der Waals surface area contributed by atoms with Gasteiger partial charge in [0.1, 0.15) is 11.9 Å². The molecule has 8 nitrogen and oxygen atoms in total. The van der Waals surface area contributed by atoms with Gasteiger partial charge in [0.15, 0.2) is 0 Å². The maximum atomic E-state index is 13.4. The number of anilines is 2. The molecule has 0 aliphatic carbocycles. The second-order valence-corrected chi connectivity index (χ2v) is 10.5. The number of halogens is 4. The lowest BCUT2D eigenvalue weighted by Gasteiger charge is -2.18. The average Bonchev–Trinajstić information content (AvgIpc) is 3.16. The van der Waals surface area contributed by atoms with Gasteiger partial charge in [-0.2, -0.15) is 13.2 Å². The monoisotopic (exact) mass is 594 g/mol. The van der Waals surface area contributed by atoms with Crippen LogP contribution in [0.5, 0.6) is 0 Å². The van der Waals surface area contributed by atoms with E-state index in [2.05, 4.69) is 31.5 Å². The summed E-state index contributed by atoms with van der Waals surface area (Å²) in [7, 11) is 4.06. The van der Waals surface area contributed by atoms with Crippen molar-refractivity contribution in [2.24, 2.45) is 0 Å². The van der Waals surface area contributed by atoms with E-state index in [4.69, 9.17) is 4.98 Å². The number of hydrogen-bond donors (Lipinski definition) is 3. The number of nitrogens with zero attached hydrogens (tertiary/aromatic N) is 3. The van der Waals surface area contributed by atoms with Crippen molar-refractivity contribution in [3.8, 4) is 11.4 Å². The molecule has 4 rings (SSSR count). The number of alkyl halides is 3. The first-order valence-corrected chi connectivity index (χ1v) is 13.2. The molecule has 12 heteroatoms. The number of imidazole rings is 1. The van der Waals surface area contributed by atoms with Crippen molar-refractivity contribution in [1.82, 2.24) is 19.8 Å². The third-order valence-electron chi connectivity index (χ3n) is 6.34. The van der Waals surface area contributed by atoms with Gasteiger partial charge in [-0.15, -0.1) is 0 Å². The Morgan fingerprint density at radius 1 is 1.13 bits per heavy atom. The predicted octanol–water partition coefficient (Wildman–Crippen LogP) is 5.17. The molecule has 3 aromatic rings. The fourth-order valence-corrected chi connectivity index (χ4v) is 4.86. The highest BCUT2D eigenvalue weighted by atomic mass is 79.9. The lowest BCUT2D eigenvalue weighted by molar-refractivity contribution is -0.173. The molecule has 1 unspecified atom stereocenters. The highest BCUT2D eigenvalue weighted by Gasteiger charge is 2.38. The molecule has 0 saturated carbocycles. The summed E-state index contributed by atoms with van der Waals surface area (Å²) in [6.45, 7) is 1.63. The number of nitrogens with one attached hydrogen (secondary N) is 3. The molecule has 0 saturated heterocycles. The number of amides is 2. The molecule has 0 spiro atoms. The van der Waals surface area contributed by atoms with Gasteiger partial charge in [0.2, 0.25) is 5.91 Å². The van der Waals surface area contributed by atoms with E-state index in [9.17, 15) is 22.8 Å². The zero-order chi connectivity index (χ0) is 27.4. The van der Waals surface area contributed by atoms with Crippen molar-refractivity contribution in [3.63, 3.8) is 0 Å². The minimum Gasteiger partial charge on any atom is -0.385 e. The number of fused-ring (bicyclic) bond motifs is 5. The van der Waals surface area contributed by atoms with E-state index in [1.807, 2.05) is 60.4 Å². The highest BCUT2D eigenvalue weighted by molar-refractivity contribution is 9.10. The molecule has 0 fully saturated rings. The minimum absolute atomic E-state index is 0.125. The van der Waals surface area contributed by atoms with Crippen molar-refractivity contribution in [1.29, 1.82) is 0 Å². The van der Waals surface area contributed by atoms with Gasteiger partial charge in [-0.3, -0.25) is 9.59 Å². The Kier molecular flexibility index (Phi) is 8.61. The number of unbranched alkanes of at least 4 members (excludes halogenated alkanes) is 1. The Balaban J connectivity index is 1.59. The fourth-order valence-electron chi connectivity index (χ4n) is 4.51. The van der Waals surface area contributed by atoms with Crippen LogP contribution in [-0.4, -0.2) is 66.2 Å². The van der Waals surface area contributed by atoms with Gasteiger partial charge in [0, 0.05) is 28.8 Å². The molecule has 0 radical (unpaired) electrons. The van der Waals surface area contributed by atoms with E-state index in [1.54, 1.807) is 0 Å². The van der Waals surface area contributed by atoms with Crippen molar-refractivity contribution < 1.29 is 22.8 Å². The van der Waals surface area contributed by atoms with E-state index >= 15 is 0 Å². The molecular weight excluding hydrogens is 565 g/mol. The number of benzene rings is 2. The van der Waals surface area contributed by atoms with E-state index < -0.39 is 18.1 Å². The van der Waals surface area contributed by atoms with E-state index in [0.29, 0.717) is 30.8 Å². The molecular formula is C26H30BrF3N6O2. The second kappa shape index (κ2) is 11.7. The van der Waals surface area contributed by atoms with Crippen LogP contribution in [0.3, 0.4) is 0 Å². The molecule has 2 amide bonds. The van der Waals surface area contributed by atoms with Crippen LogP contribution in [0.25, 0.3) is 22.4 Å². The number of rotatable bonds is 10. The molecule has 3 N–H and O–H groups in total. The summed E-state index contributed by atoms with van der Waals surface area (Å²) in [5.41, 5.74) is 3.84. The van der Waals surface area contributed by atoms with Gasteiger partial charge < -0.3 is 25.4 Å². The Bertz CT molecular complexity index is 1320. The summed E-state index contributed by atoms with van der Waals surface area (Å²) in [5.74, 6) is -1.54. The highest BCUT2D eigenvalue weighted by Crippen LogP contribution is 2.39. The van der Waals surface area contributed by atoms with E-state index in [1.165, 1.54) is 0 Å². The van der Waals surface area contributed by atoms with Crippen molar-refractivity contribution in [2.75, 3.05) is 44.4 Å². The average molecular weight is 595 g/mol. The maximum absolute atomic E-state index is 13.4. The topological polar surface area (TPSA) is 91.3 Å². The molecule has 0 bridgehead atoms. The van der Waals surface area contributed by atoms with Crippen LogP contribution in [0.4, 0.5) is 24.5 Å². The molecule has 1 aliphatic heterocycles. The molecule has 1 atom stereocenters. The maximum Gasteiger partial charge on any atom is 0.471 e. The van der Waals surface area contributed by atoms with Crippen LogP contribution in [0.15, 0.2) is 40.9 Å². The summed E-state index contributed by atoms with van der Waals surface area (Å²) in [5, 5.41) is 8.33. The zero-order valence-corrected chi connectivity index (χ0v) is 22.7. The molecule has 1 aliphatic rings. The quantitative estimate of drug-likeness (QED) is 0.282. The Hall–Kier alpha value is -3.12. The fraction of sp³-hybridized carbons (Fsp3) is 0.423. The van der Waals surface area contributed by atoms with Gasteiger partial charge in [0.25, 0.3) is 0 Å². The van der Waals surface area contributed by atoms with Gasteiger partial charge in [-0.1, -0.05) is 15.9 Å². The number of carbonyl (C=O) groups is 2. The largest absolute Gasteiger partial charge is 0.471 e. The van der Waals surface area contributed by atoms with Crippen LogP contribution in [-0.2, 0) is 9.59 Å². The minimum atomic E-state index is -4.91. The van der Waals surface area contributed by atoms with Crippen LogP contribution >= 0.6 is 15.9 Å². The van der Waals surface area contributed by atoms with Crippen molar-refractivity contribution in [3.05, 3.63) is 40.9 Å². The summed E-state index contributed by atoms with van der Waals surface area (Å²) in [4.78, 5) is 31.5. The zero-order valence-electron chi connectivity index (χ0n) is 21.2. The summed E-state index contributed by atoms with van der Waals surface area (Å²) >= 11 is 3.48. The van der Waals surface area contributed by atoms with Crippen LogP contribution in [0, 0.1) is 0 Å². The first-order chi connectivity index (χ1) is 18.0. The van der Waals surface area contributed by atoms with Crippen LogP contribution in [0.2, 0.25) is 0 Å². The third kappa shape index (κ3) is 6.47. The van der Waals surface area contributed by atoms with E-state index in [0.717, 1.165) is 46.3 Å². The lowest BCUT2D eigenvalue weighted by Crippen LogP contribution is -2.37. The second-order valence-electron chi connectivity index (χ2n) is 9.54. The van der Waals surface area contributed by atoms with E-state index in [-0.39, 0.29) is 12.5 Å². The Labute approximate surface area is 227 Å². The Morgan fingerprint density at radius 2 is 1.92 bits per heavy atom. The van der Waals surface area contributed by atoms with Gasteiger partial charge in [-0.25, -0.2) is 4.98 Å². The van der Waals surface area contributed by atoms with Crippen molar-refractivity contribution in [2.45, 2.75) is 37.9 Å².